The molecule has 156 valence electrons. The average molecular weight is 419 g/mol. The molecule has 0 amide bonds. The van der Waals surface area contributed by atoms with E-state index < -0.39 is 0 Å². The normalized spacial score (nSPS) is 21.9. The predicted molar refractivity (Wildman–Crippen MR) is 117 cm³/mol. The lowest BCUT2D eigenvalue weighted by atomic mass is 10.1. The van der Waals surface area contributed by atoms with Crippen molar-refractivity contribution in [1.82, 2.24) is 14.7 Å². The maximum absolute atomic E-state index is 6.07. The van der Waals surface area contributed by atoms with E-state index in [4.69, 9.17) is 10.5 Å². The monoisotopic (exact) mass is 418 g/mol. The first-order chi connectivity index (χ1) is 12.2. The van der Waals surface area contributed by atoms with Crippen molar-refractivity contribution in [3.05, 3.63) is 29.8 Å². The molecule has 1 unspecified atom stereocenters. The first-order valence-electron chi connectivity index (χ1n) is 9.87. The van der Waals surface area contributed by atoms with Crippen molar-refractivity contribution in [2.75, 3.05) is 59.0 Å². The number of rotatable bonds is 7. The van der Waals surface area contributed by atoms with Crippen LogP contribution in [0.4, 0.5) is 0 Å². The fourth-order valence-electron chi connectivity index (χ4n) is 3.81. The second-order valence-electron chi connectivity index (χ2n) is 7.41. The van der Waals surface area contributed by atoms with Crippen molar-refractivity contribution < 1.29 is 4.74 Å². The third-order valence-corrected chi connectivity index (χ3v) is 5.46. The van der Waals surface area contributed by atoms with Gasteiger partial charge in [0.25, 0.3) is 0 Å². The summed E-state index contributed by atoms with van der Waals surface area (Å²) >= 11 is 0. The van der Waals surface area contributed by atoms with Crippen LogP contribution in [0.5, 0.6) is 5.75 Å². The van der Waals surface area contributed by atoms with Gasteiger partial charge < -0.3 is 15.4 Å². The van der Waals surface area contributed by atoms with E-state index in [9.17, 15) is 0 Å². The summed E-state index contributed by atoms with van der Waals surface area (Å²) < 4.78 is 5.94. The predicted octanol–water partition coefficient (Wildman–Crippen LogP) is 2.47. The number of benzene rings is 1. The van der Waals surface area contributed by atoms with Crippen LogP contribution in [0.2, 0.25) is 0 Å². The fourth-order valence-corrected chi connectivity index (χ4v) is 3.81. The van der Waals surface area contributed by atoms with E-state index in [2.05, 4.69) is 45.9 Å². The van der Waals surface area contributed by atoms with Crippen LogP contribution in [-0.2, 0) is 6.54 Å². The van der Waals surface area contributed by atoms with Crippen LogP contribution in [0.15, 0.2) is 24.3 Å². The van der Waals surface area contributed by atoms with Crippen LogP contribution in [0.1, 0.15) is 25.3 Å². The summed E-state index contributed by atoms with van der Waals surface area (Å²) in [5.74, 6) is 0.978. The number of likely N-dealkylation sites (tertiary alicyclic amines) is 1. The van der Waals surface area contributed by atoms with Crippen LogP contribution in [0.3, 0.4) is 0 Å². The summed E-state index contributed by atoms with van der Waals surface area (Å²) in [6, 6.07) is 8.93. The maximum atomic E-state index is 6.07. The van der Waals surface area contributed by atoms with Crippen molar-refractivity contribution >= 4 is 24.8 Å². The van der Waals surface area contributed by atoms with Gasteiger partial charge >= 0.3 is 0 Å². The van der Waals surface area contributed by atoms with Gasteiger partial charge in [-0.25, -0.2) is 0 Å². The molecule has 2 aliphatic rings. The summed E-state index contributed by atoms with van der Waals surface area (Å²) in [6.07, 6.45) is 2.38. The number of nitrogens with two attached hydrogens (primary N) is 1. The molecule has 1 aromatic rings. The topological polar surface area (TPSA) is 45.0 Å². The summed E-state index contributed by atoms with van der Waals surface area (Å²) in [4.78, 5) is 7.46. The summed E-state index contributed by atoms with van der Waals surface area (Å²) in [7, 11) is 0. The minimum absolute atomic E-state index is 0. The Morgan fingerprint density at radius 1 is 0.963 bits per heavy atom. The molecule has 0 saturated carbocycles. The van der Waals surface area contributed by atoms with E-state index in [1.165, 1.54) is 31.6 Å². The number of nitrogens with zero attached hydrogens (tertiary/aromatic N) is 3. The smallest absolute Gasteiger partial charge is 0.119 e. The molecule has 0 aromatic heterocycles. The van der Waals surface area contributed by atoms with Crippen LogP contribution in [0.25, 0.3) is 0 Å². The van der Waals surface area contributed by atoms with Crippen molar-refractivity contribution in [2.45, 2.75) is 32.4 Å². The zero-order valence-electron chi connectivity index (χ0n) is 16.5. The summed E-state index contributed by atoms with van der Waals surface area (Å²) in [5.41, 5.74) is 7.41. The number of piperidine rings is 1. The molecular weight excluding hydrogens is 383 g/mol. The molecule has 2 heterocycles. The Bertz CT molecular complexity index is 509. The van der Waals surface area contributed by atoms with Crippen LogP contribution < -0.4 is 10.5 Å². The Morgan fingerprint density at radius 2 is 1.63 bits per heavy atom. The van der Waals surface area contributed by atoms with Gasteiger partial charge in [0, 0.05) is 51.9 Å². The molecule has 0 aliphatic carbocycles. The largest absolute Gasteiger partial charge is 0.492 e. The second kappa shape index (κ2) is 12.8. The molecule has 2 aliphatic heterocycles. The minimum atomic E-state index is 0. The lowest BCUT2D eigenvalue weighted by molar-refractivity contribution is 0.121. The standard InChI is InChI=1S/C20H34N4O.2ClH/c1-2-22-10-12-23(13-11-22)14-15-25-20-7-5-18(6-8-20)16-24-9-3-4-19(21)17-24;;/h5-8,19H,2-4,9-17,21H2,1H3;2*1H. The summed E-state index contributed by atoms with van der Waals surface area (Å²) in [5, 5.41) is 0. The number of likely N-dealkylation sites (N-methyl/N-ethyl adjacent to an activating group) is 1. The van der Waals surface area contributed by atoms with Gasteiger partial charge in [-0.15, -0.1) is 24.8 Å². The molecular formula is C20H36Cl2N4O. The van der Waals surface area contributed by atoms with Crippen molar-refractivity contribution in [3.8, 4) is 5.75 Å². The molecule has 5 nitrogen and oxygen atoms in total. The lowest BCUT2D eigenvalue weighted by Gasteiger charge is -2.33. The van der Waals surface area contributed by atoms with Gasteiger partial charge in [-0.05, 0) is 43.6 Å². The van der Waals surface area contributed by atoms with E-state index in [1.54, 1.807) is 0 Å². The third-order valence-electron chi connectivity index (χ3n) is 5.46. The van der Waals surface area contributed by atoms with Crippen molar-refractivity contribution in [1.29, 1.82) is 0 Å². The average Bonchev–Trinajstić information content (AvgIpc) is 2.64. The van der Waals surface area contributed by atoms with Crippen LogP contribution in [0, 0.1) is 0 Å². The maximum Gasteiger partial charge on any atom is 0.119 e. The number of piperazine rings is 1. The first-order valence-corrected chi connectivity index (χ1v) is 9.87. The highest BCUT2D eigenvalue weighted by atomic mass is 35.5. The van der Waals surface area contributed by atoms with E-state index in [1.807, 2.05) is 0 Å². The lowest BCUT2D eigenvalue weighted by Crippen LogP contribution is -2.47. The van der Waals surface area contributed by atoms with Crippen LogP contribution >= 0.6 is 24.8 Å². The third kappa shape index (κ3) is 8.14. The molecule has 0 bridgehead atoms. The zero-order chi connectivity index (χ0) is 17.5. The Labute approximate surface area is 177 Å². The highest BCUT2D eigenvalue weighted by Gasteiger charge is 2.17. The molecule has 0 spiro atoms. The van der Waals surface area contributed by atoms with Gasteiger partial charge in [0.1, 0.15) is 12.4 Å². The van der Waals surface area contributed by atoms with Gasteiger partial charge in [-0.1, -0.05) is 19.1 Å². The molecule has 27 heavy (non-hydrogen) atoms. The Kier molecular flexibility index (Phi) is 11.6. The quantitative estimate of drug-likeness (QED) is 0.736. The number of ether oxygens (including phenoxy) is 1. The molecule has 2 N–H and O–H groups in total. The number of halogens is 2. The van der Waals surface area contributed by atoms with Gasteiger partial charge in [-0.3, -0.25) is 9.80 Å². The van der Waals surface area contributed by atoms with Gasteiger partial charge in [0.2, 0.25) is 0 Å². The van der Waals surface area contributed by atoms with E-state index in [-0.39, 0.29) is 24.8 Å². The molecule has 1 atom stereocenters. The van der Waals surface area contributed by atoms with Crippen molar-refractivity contribution in [3.63, 3.8) is 0 Å². The van der Waals surface area contributed by atoms with E-state index in [0.29, 0.717) is 6.04 Å². The second-order valence-corrected chi connectivity index (χ2v) is 7.41. The minimum Gasteiger partial charge on any atom is -0.492 e. The molecule has 7 heteroatoms. The van der Waals surface area contributed by atoms with Crippen LogP contribution in [-0.4, -0.2) is 79.7 Å². The fraction of sp³-hybridized carbons (Fsp3) is 0.700. The summed E-state index contributed by atoms with van der Waals surface area (Å²) in [6.45, 7) is 13.1. The SMILES string of the molecule is CCN1CCN(CCOc2ccc(CN3CCCC(N)C3)cc2)CC1.Cl.Cl. The molecule has 0 radical (unpaired) electrons. The van der Waals surface area contributed by atoms with E-state index >= 15 is 0 Å². The Hall–Kier alpha value is -0.560. The van der Waals surface area contributed by atoms with Crippen molar-refractivity contribution in [2.24, 2.45) is 5.73 Å². The van der Waals surface area contributed by atoms with Gasteiger partial charge in [0.05, 0.1) is 0 Å². The zero-order valence-corrected chi connectivity index (χ0v) is 18.1. The van der Waals surface area contributed by atoms with Gasteiger partial charge in [-0.2, -0.15) is 0 Å². The molecule has 3 rings (SSSR count). The molecule has 2 saturated heterocycles. The highest BCUT2D eigenvalue weighted by molar-refractivity contribution is 5.85. The molecule has 2 fully saturated rings. The number of hydrogen-bond acceptors (Lipinski definition) is 5. The number of hydrogen-bond donors (Lipinski definition) is 1. The van der Waals surface area contributed by atoms with E-state index in [0.717, 1.165) is 58.0 Å². The van der Waals surface area contributed by atoms with Gasteiger partial charge in [0.15, 0.2) is 0 Å². The first kappa shape index (κ1) is 24.5. The Balaban J connectivity index is 0.00000182. The molecule has 1 aromatic carbocycles. The highest BCUT2D eigenvalue weighted by Crippen LogP contribution is 2.16. The Morgan fingerprint density at radius 3 is 2.26 bits per heavy atom.